The number of halogens is 3. The Labute approximate surface area is 121 Å². The average molecular weight is 294 g/mol. The molecule has 0 aromatic rings. The molecule has 2 nitrogen and oxygen atoms in total. The molecule has 0 heterocycles. The van der Waals surface area contributed by atoms with Crippen molar-refractivity contribution in [2.75, 3.05) is 19.6 Å². The minimum absolute atomic E-state index is 0.148. The van der Waals surface area contributed by atoms with E-state index in [0.717, 1.165) is 45.1 Å². The Morgan fingerprint density at radius 1 is 1.00 bits per heavy atom. The Morgan fingerprint density at radius 2 is 1.60 bits per heavy atom. The van der Waals surface area contributed by atoms with Crippen molar-refractivity contribution in [2.45, 2.75) is 77.1 Å². The summed E-state index contributed by atoms with van der Waals surface area (Å²) in [5.74, 6) is 0. The van der Waals surface area contributed by atoms with Gasteiger partial charge in [-0.05, 0) is 59.5 Å². The number of unbranched alkanes of at least 4 members (excludes halogenated alkanes) is 3. The summed E-state index contributed by atoms with van der Waals surface area (Å²) in [7, 11) is 0. The highest BCUT2D eigenvalue weighted by molar-refractivity contribution is 4.85. The summed E-state index contributed by atoms with van der Waals surface area (Å²) in [5, 5.41) is 3.42. The Hall–Kier alpha value is -0.290. The van der Waals surface area contributed by atoms with Crippen LogP contribution in [0.25, 0.3) is 0 Å². The topological polar surface area (TPSA) is 15.3 Å². The van der Waals surface area contributed by atoms with Crippen LogP contribution in [0.4, 0.5) is 13.2 Å². The summed E-state index contributed by atoms with van der Waals surface area (Å²) in [6, 6.07) is 0.194. The minimum Gasteiger partial charge on any atom is -0.312 e. The number of nitrogens with one attached hydrogen (secondary N) is 1. The zero-order chi connectivity index (χ0) is 15.2. The quantitative estimate of drug-likeness (QED) is 0.648. The lowest BCUT2D eigenvalue weighted by Crippen LogP contribution is -2.36. The van der Waals surface area contributed by atoms with Crippen molar-refractivity contribution in [2.24, 2.45) is 0 Å². The SMILES string of the molecule is CC(C)(C)NCCCCCCN(CC(F)(F)F)C1CC1. The molecule has 20 heavy (non-hydrogen) atoms. The minimum atomic E-state index is -4.06. The van der Waals surface area contributed by atoms with E-state index in [4.69, 9.17) is 0 Å². The van der Waals surface area contributed by atoms with Gasteiger partial charge in [-0.3, -0.25) is 4.90 Å². The number of alkyl halides is 3. The lowest BCUT2D eigenvalue weighted by Gasteiger charge is -2.23. The first-order chi connectivity index (χ1) is 9.17. The van der Waals surface area contributed by atoms with Crippen LogP contribution in [0.15, 0.2) is 0 Å². The summed E-state index contributed by atoms with van der Waals surface area (Å²) < 4.78 is 37.3. The molecule has 0 amide bonds. The van der Waals surface area contributed by atoms with Crippen molar-refractivity contribution < 1.29 is 13.2 Å². The number of rotatable bonds is 9. The molecule has 0 saturated heterocycles. The Kier molecular flexibility index (Phi) is 6.79. The Balaban J connectivity index is 2.04. The second-order valence-electron chi connectivity index (χ2n) is 6.91. The highest BCUT2D eigenvalue weighted by atomic mass is 19.4. The number of hydrogen-bond donors (Lipinski definition) is 1. The molecule has 0 aromatic carbocycles. The van der Waals surface area contributed by atoms with Crippen LogP contribution < -0.4 is 5.32 Å². The first kappa shape index (κ1) is 17.8. The smallest absolute Gasteiger partial charge is 0.312 e. The maximum absolute atomic E-state index is 12.4. The fourth-order valence-corrected chi connectivity index (χ4v) is 2.32. The van der Waals surface area contributed by atoms with E-state index in [1.54, 1.807) is 4.90 Å². The molecule has 0 radical (unpaired) electrons. The van der Waals surface area contributed by atoms with E-state index in [1.165, 1.54) is 0 Å². The molecule has 0 atom stereocenters. The fourth-order valence-electron chi connectivity index (χ4n) is 2.32. The predicted octanol–water partition coefficient (Wildman–Crippen LogP) is 3.96. The van der Waals surface area contributed by atoms with E-state index in [-0.39, 0.29) is 11.6 Å². The van der Waals surface area contributed by atoms with Crippen molar-refractivity contribution in [3.8, 4) is 0 Å². The van der Waals surface area contributed by atoms with Gasteiger partial charge in [0, 0.05) is 11.6 Å². The van der Waals surface area contributed by atoms with Gasteiger partial charge in [0.2, 0.25) is 0 Å². The van der Waals surface area contributed by atoms with Crippen LogP contribution in [0, 0.1) is 0 Å². The average Bonchev–Trinajstić information content (AvgIpc) is 3.06. The van der Waals surface area contributed by atoms with Crippen LogP contribution in [0.5, 0.6) is 0 Å². The summed E-state index contributed by atoms with van der Waals surface area (Å²) in [4.78, 5) is 1.62. The van der Waals surface area contributed by atoms with Crippen molar-refractivity contribution in [3.05, 3.63) is 0 Å². The fraction of sp³-hybridized carbons (Fsp3) is 1.00. The van der Waals surface area contributed by atoms with Crippen molar-refractivity contribution in [1.82, 2.24) is 10.2 Å². The first-order valence-electron chi connectivity index (χ1n) is 7.73. The zero-order valence-electron chi connectivity index (χ0n) is 13.0. The molecular formula is C15H29F3N2. The maximum atomic E-state index is 12.4. The summed E-state index contributed by atoms with van der Waals surface area (Å²) in [6.07, 6.45) is 1.90. The molecule has 0 aromatic heterocycles. The van der Waals surface area contributed by atoms with Crippen molar-refractivity contribution in [1.29, 1.82) is 0 Å². The number of nitrogens with zero attached hydrogens (tertiary/aromatic N) is 1. The van der Waals surface area contributed by atoms with E-state index >= 15 is 0 Å². The molecule has 5 heteroatoms. The van der Waals surface area contributed by atoms with E-state index in [2.05, 4.69) is 26.1 Å². The highest BCUT2D eigenvalue weighted by Crippen LogP contribution is 2.30. The van der Waals surface area contributed by atoms with Gasteiger partial charge in [0.25, 0.3) is 0 Å². The van der Waals surface area contributed by atoms with E-state index < -0.39 is 12.7 Å². The van der Waals surface area contributed by atoms with E-state index in [1.807, 2.05) is 0 Å². The van der Waals surface area contributed by atoms with Crippen molar-refractivity contribution in [3.63, 3.8) is 0 Å². The van der Waals surface area contributed by atoms with Crippen LogP contribution in [-0.2, 0) is 0 Å². The lowest BCUT2D eigenvalue weighted by molar-refractivity contribution is -0.147. The molecule has 0 unspecified atom stereocenters. The molecule has 120 valence electrons. The molecule has 1 N–H and O–H groups in total. The molecular weight excluding hydrogens is 265 g/mol. The summed E-state index contributed by atoms with van der Waals surface area (Å²) in [6.45, 7) is 7.26. The standard InChI is InChI=1S/C15H29F3N2/c1-14(2,3)19-10-6-4-5-7-11-20(13-8-9-13)12-15(16,17)18/h13,19H,4-12H2,1-3H3. The molecule has 0 bridgehead atoms. The zero-order valence-corrected chi connectivity index (χ0v) is 13.0. The molecule has 1 fully saturated rings. The predicted molar refractivity (Wildman–Crippen MR) is 76.9 cm³/mol. The molecule has 1 aliphatic carbocycles. The molecule has 1 rings (SSSR count). The van der Waals surface area contributed by atoms with Crippen LogP contribution in [-0.4, -0.2) is 42.3 Å². The molecule has 0 spiro atoms. The number of hydrogen-bond acceptors (Lipinski definition) is 2. The normalized spacial score (nSPS) is 16.9. The van der Waals surface area contributed by atoms with Crippen molar-refractivity contribution >= 4 is 0 Å². The van der Waals surface area contributed by atoms with Crippen LogP contribution >= 0.6 is 0 Å². The summed E-state index contributed by atoms with van der Waals surface area (Å²) >= 11 is 0. The Morgan fingerprint density at radius 3 is 2.10 bits per heavy atom. The maximum Gasteiger partial charge on any atom is 0.401 e. The first-order valence-corrected chi connectivity index (χ1v) is 7.73. The largest absolute Gasteiger partial charge is 0.401 e. The monoisotopic (exact) mass is 294 g/mol. The third kappa shape index (κ3) is 9.59. The van der Waals surface area contributed by atoms with Gasteiger partial charge >= 0.3 is 6.18 Å². The third-order valence-corrected chi connectivity index (χ3v) is 3.47. The third-order valence-electron chi connectivity index (χ3n) is 3.47. The lowest BCUT2D eigenvalue weighted by atomic mass is 10.1. The van der Waals surface area contributed by atoms with Crippen LogP contribution in [0.2, 0.25) is 0 Å². The molecule has 1 saturated carbocycles. The summed E-state index contributed by atoms with van der Waals surface area (Å²) in [5.41, 5.74) is 0.148. The Bertz CT molecular complexity index is 267. The van der Waals surface area contributed by atoms with Gasteiger partial charge in [0.15, 0.2) is 0 Å². The van der Waals surface area contributed by atoms with Gasteiger partial charge in [0.1, 0.15) is 0 Å². The molecule has 0 aliphatic heterocycles. The van der Waals surface area contributed by atoms with Gasteiger partial charge in [-0.25, -0.2) is 0 Å². The highest BCUT2D eigenvalue weighted by Gasteiger charge is 2.37. The van der Waals surface area contributed by atoms with Crippen LogP contribution in [0.1, 0.15) is 59.3 Å². The van der Waals surface area contributed by atoms with E-state index in [9.17, 15) is 13.2 Å². The second kappa shape index (κ2) is 7.64. The van der Waals surface area contributed by atoms with Gasteiger partial charge < -0.3 is 5.32 Å². The van der Waals surface area contributed by atoms with Gasteiger partial charge in [-0.1, -0.05) is 12.8 Å². The van der Waals surface area contributed by atoms with E-state index in [0.29, 0.717) is 6.54 Å². The van der Waals surface area contributed by atoms with Gasteiger partial charge in [-0.2, -0.15) is 13.2 Å². The van der Waals surface area contributed by atoms with Crippen LogP contribution in [0.3, 0.4) is 0 Å². The second-order valence-corrected chi connectivity index (χ2v) is 6.91. The van der Waals surface area contributed by atoms with Gasteiger partial charge in [-0.15, -0.1) is 0 Å². The molecule has 1 aliphatic rings. The van der Waals surface area contributed by atoms with Gasteiger partial charge in [0.05, 0.1) is 6.54 Å².